The van der Waals surface area contributed by atoms with Crippen molar-refractivity contribution in [3.8, 4) is 0 Å². The maximum atomic E-state index is 13.0. The summed E-state index contributed by atoms with van der Waals surface area (Å²) < 4.78 is 0. The summed E-state index contributed by atoms with van der Waals surface area (Å²) in [6.07, 6.45) is 0.230. The first kappa shape index (κ1) is 19.7. The van der Waals surface area contributed by atoms with Crippen molar-refractivity contribution in [3.63, 3.8) is 0 Å². The fraction of sp³-hybridized carbons (Fsp3) is 0.227. The topological polar surface area (TPSA) is 74.8 Å². The van der Waals surface area contributed by atoms with Gasteiger partial charge in [-0.05, 0) is 36.6 Å². The number of aryl methyl sites for hydroxylation is 2. The number of carbonyl (C=O) groups is 1. The third-order valence-electron chi connectivity index (χ3n) is 5.06. The van der Waals surface area contributed by atoms with Gasteiger partial charge in [0, 0.05) is 23.1 Å². The summed E-state index contributed by atoms with van der Waals surface area (Å²) in [6, 6.07) is 13.6. The average molecular weight is 426 g/mol. The van der Waals surface area contributed by atoms with E-state index in [9.17, 15) is 9.59 Å². The smallest absolute Gasteiger partial charge is 0.257 e. The van der Waals surface area contributed by atoms with Gasteiger partial charge in [0.05, 0.1) is 5.56 Å². The number of rotatable bonds is 4. The molecule has 0 unspecified atom stereocenters. The number of carbonyl (C=O) groups excluding carboxylic acids is 1. The van der Waals surface area contributed by atoms with E-state index in [1.807, 2.05) is 56.3 Å². The van der Waals surface area contributed by atoms with Crippen molar-refractivity contribution in [3.05, 3.63) is 85.7 Å². The Kier molecular flexibility index (Phi) is 5.48. The van der Waals surface area contributed by atoms with Crippen LogP contribution in [0.4, 0.5) is 5.82 Å². The number of amides is 1. The van der Waals surface area contributed by atoms with E-state index in [0.29, 0.717) is 27.3 Å². The first-order valence-corrected chi connectivity index (χ1v) is 10.7. The minimum absolute atomic E-state index is 0.136. The highest BCUT2D eigenvalue weighted by molar-refractivity contribution is 7.98. The van der Waals surface area contributed by atoms with E-state index < -0.39 is 0 Å². The molecule has 5 nitrogen and oxygen atoms in total. The van der Waals surface area contributed by atoms with E-state index in [0.717, 1.165) is 22.3 Å². The van der Waals surface area contributed by atoms with Crippen LogP contribution in [0.1, 0.15) is 40.2 Å². The van der Waals surface area contributed by atoms with Crippen LogP contribution in [0.3, 0.4) is 0 Å². The van der Waals surface area contributed by atoms with Crippen molar-refractivity contribution < 1.29 is 4.79 Å². The van der Waals surface area contributed by atoms with Crippen LogP contribution in [0.15, 0.2) is 52.4 Å². The second-order valence-corrected chi connectivity index (χ2v) is 8.55. The molecular weight excluding hydrogens is 406 g/mol. The third-order valence-corrected chi connectivity index (χ3v) is 6.35. The highest BCUT2D eigenvalue weighted by Gasteiger charge is 2.31. The number of hydrogen-bond donors (Lipinski definition) is 2. The molecule has 1 atom stereocenters. The normalized spacial score (nSPS) is 15.7. The lowest BCUT2D eigenvalue weighted by Gasteiger charge is -2.26. The maximum absolute atomic E-state index is 13.0. The number of halogens is 1. The van der Waals surface area contributed by atoms with Gasteiger partial charge < -0.3 is 10.3 Å². The van der Waals surface area contributed by atoms with E-state index in [-0.39, 0.29) is 23.8 Å². The lowest BCUT2D eigenvalue weighted by atomic mass is 9.84. The number of nitrogens with zero attached hydrogens (tertiary/aromatic N) is 1. The Hall–Kier alpha value is -2.57. The molecule has 0 fully saturated rings. The fourth-order valence-corrected chi connectivity index (χ4v) is 4.73. The van der Waals surface area contributed by atoms with Gasteiger partial charge in [0.2, 0.25) is 5.91 Å². The Labute approximate surface area is 177 Å². The van der Waals surface area contributed by atoms with Gasteiger partial charge in [-0.25, -0.2) is 4.98 Å². The zero-order chi connectivity index (χ0) is 20.5. The van der Waals surface area contributed by atoms with Crippen molar-refractivity contribution in [2.45, 2.75) is 37.1 Å². The average Bonchev–Trinajstić information content (AvgIpc) is 2.68. The van der Waals surface area contributed by atoms with Gasteiger partial charge in [-0.15, -0.1) is 0 Å². The third kappa shape index (κ3) is 4.09. The van der Waals surface area contributed by atoms with E-state index in [2.05, 4.69) is 15.3 Å². The summed E-state index contributed by atoms with van der Waals surface area (Å²) in [5.74, 6) is 0.467. The Morgan fingerprint density at radius 1 is 1.17 bits per heavy atom. The van der Waals surface area contributed by atoms with E-state index in [1.54, 1.807) is 0 Å². The van der Waals surface area contributed by atoms with Crippen LogP contribution in [-0.2, 0) is 10.5 Å². The molecule has 0 spiro atoms. The standard InChI is InChI=1S/C22H20ClN3O2S/c1-12-7-8-13(2)15(9-12)16-10-18(27)24-20-19(16)21(28)26-22(25-20)29-11-14-5-3-4-6-17(14)23/h3-9,16H,10-11H2,1-2H3,(H2,24,25,26,27,28)/t16-/m1/s1. The summed E-state index contributed by atoms with van der Waals surface area (Å²) in [7, 11) is 0. The van der Waals surface area contributed by atoms with Crippen molar-refractivity contribution in [1.82, 2.24) is 9.97 Å². The van der Waals surface area contributed by atoms with Crippen molar-refractivity contribution in [2.75, 3.05) is 5.32 Å². The molecule has 1 amide bonds. The molecule has 2 N–H and O–H groups in total. The molecular formula is C22H20ClN3O2S. The second-order valence-electron chi connectivity index (χ2n) is 7.18. The molecule has 3 aromatic rings. The van der Waals surface area contributed by atoms with Crippen molar-refractivity contribution in [1.29, 1.82) is 0 Å². The van der Waals surface area contributed by atoms with Crippen molar-refractivity contribution in [2.24, 2.45) is 0 Å². The van der Waals surface area contributed by atoms with E-state index >= 15 is 0 Å². The Balaban J connectivity index is 1.70. The first-order chi connectivity index (χ1) is 13.9. The van der Waals surface area contributed by atoms with Gasteiger partial charge in [0.25, 0.3) is 5.56 Å². The summed E-state index contributed by atoms with van der Waals surface area (Å²) >= 11 is 7.58. The Morgan fingerprint density at radius 3 is 2.76 bits per heavy atom. The predicted octanol–water partition coefficient (Wildman–Crippen LogP) is 4.81. The van der Waals surface area contributed by atoms with Gasteiger partial charge in [0.1, 0.15) is 5.82 Å². The molecule has 1 aromatic heterocycles. The van der Waals surface area contributed by atoms with Gasteiger partial charge in [-0.2, -0.15) is 0 Å². The molecule has 29 heavy (non-hydrogen) atoms. The molecule has 0 saturated heterocycles. The molecule has 2 aromatic carbocycles. The van der Waals surface area contributed by atoms with Crippen LogP contribution >= 0.6 is 23.4 Å². The number of benzene rings is 2. The van der Waals surface area contributed by atoms with Crippen LogP contribution in [0.2, 0.25) is 5.02 Å². The summed E-state index contributed by atoms with van der Waals surface area (Å²) in [5.41, 5.74) is 4.39. The molecule has 0 aliphatic carbocycles. The van der Waals surface area contributed by atoms with Gasteiger partial charge in [-0.1, -0.05) is 65.3 Å². The summed E-state index contributed by atoms with van der Waals surface area (Å²) in [4.78, 5) is 32.7. The van der Waals surface area contributed by atoms with E-state index in [4.69, 9.17) is 11.6 Å². The minimum atomic E-state index is -0.308. The monoisotopic (exact) mass is 425 g/mol. The van der Waals surface area contributed by atoms with Gasteiger partial charge in [0.15, 0.2) is 5.16 Å². The molecule has 0 radical (unpaired) electrons. The van der Waals surface area contributed by atoms with Crippen LogP contribution in [0, 0.1) is 13.8 Å². The van der Waals surface area contributed by atoms with E-state index in [1.165, 1.54) is 11.8 Å². The highest BCUT2D eigenvalue weighted by Crippen LogP contribution is 2.36. The van der Waals surface area contributed by atoms with Crippen molar-refractivity contribution >= 4 is 35.1 Å². The van der Waals surface area contributed by atoms with Crippen LogP contribution in [0.25, 0.3) is 0 Å². The Bertz CT molecular complexity index is 1160. The lowest BCUT2D eigenvalue weighted by molar-refractivity contribution is -0.116. The number of hydrogen-bond acceptors (Lipinski definition) is 4. The molecule has 2 heterocycles. The lowest BCUT2D eigenvalue weighted by Crippen LogP contribution is -2.31. The number of aromatic amines is 1. The largest absolute Gasteiger partial charge is 0.310 e. The summed E-state index contributed by atoms with van der Waals surface area (Å²) in [6.45, 7) is 4.00. The number of fused-ring (bicyclic) bond motifs is 1. The number of anilines is 1. The van der Waals surface area contributed by atoms with Crippen LogP contribution < -0.4 is 10.9 Å². The fourth-order valence-electron chi connectivity index (χ4n) is 3.58. The molecule has 7 heteroatoms. The predicted molar refractivity (Wildman–Crippen MR) is 117 cm³/mol. The zero-order valence-electron chi connectivity index (χ0n) is 16.1. The number of thioether (sulfide) groups is 1. The molecule has 1 aliphatic rings. The molecule has 1 aliphatic heterocycles. The SMILES string of the molecule is Cc1ccc(C)c([C@H]2CC(=O)Nc3nc(SCc4ccccc4Cl)[nH]c(=O)c32)c1. The molecule has 4 rings (SSSR count). The number of H-pyrrole nitrogens is 1. The first-order valence-electron chi connectivity index (χ1n) is 9.30. The minimum Gasteiger partial charge on any atom is -0.310 e. The Morgan fingerprint density at radius 2 is 1.97 bits per heavy atom. The van der Waals surface area contributed by atoms with Crippen LogP contribution in [-0.4, -0.2) is 15.9 Å². The van der Waals surface area contributed by atoms with Crippen LogP contribution in [0.5, 0.6) is 0 Å². The summed E-state index contributed by atoms with van der Waals surface area (Å²) in [5, 5.41) is 3.90. The quantitative estimate of drug-likeness (QED) is 0.464. The highest BCUT2D eigenvalue weighted by atomic mass is 35.5. The second kappa shape index (κ2) is 8.05. The molecule has 0 saturated carbocycles. The van der Waals surface area contributed by atoms with Gasteiger partial charge in [-0.3, -0.25) is 9.59 Å². The zero-order valence-corrected chi connectivity index (χ0v) is 17.7. The van der Waals surface area contributed by atoms with Gasteiger partial charge >= 0.3 is 0 Å². The molecule has 0 bridgehead atoms. The maximum Gasteiger partial charge on any atom is 0.257 e. The number of aromatic nitrogens is 2. The number of nitrogens with one attached hydrogen (secondary N) is 2. The molecule has 148 valence electrons.